The van der Waals surface area contributed by atoms with Crippen LogP contribution in [0, 0.1) is 24.1 Å². The zero-order chi connectivity index (χ0) is 26.2. The zero-order valence-corrected chi connectivity index (χ0v) is 18.5. The average molecular weight is 496 g/mol. The first-order chi connectivity index (χ1) is 17.0. The van der Waals surface area contributed by atoms with E-state index in [0.717, 1.165) is 22.9 Å². The van der Waals surface area contributed by atoms with E-state index in [-0.39, 0.29) is 34.4 Å². The number of carbonyl (C=O) groups excluding carboxylic acids is 2. The van der Waals surface area contributed by atoms with Crippen molar-refractivity contribution >= 4 is 28.4 Å². The third kappa shape index (κ3) is 4.72. The van der Waals surface area contributed by atoms with Gasteiger partial charge in [-0.2, -0.15) is 23.5 Å². The number of nitrogens with zero attached hydrogens (tertiary/aromatic N) is 4. The Morgan fingerprint density at radius 2 is 1.83 bits per heavy atom. The number of aromatic nitrogens is 3. The summed E-state index contributed by atoms with van der Waals surface area (Å²) in [4.78, 5) is 28.7. The average Bonchev–Trinajstić information content (AvgIpc) is 3.13. The number of halogens is 4. The van der Waals surface area contributed by atoms with Crippen LogP contribution in [0.1, 0.15) is 43.4 Å². The molecule has 2 aromatic carbocycles. The van der Waals surface area contributed by atoms with Crippen molar-refractivity contribution in [1.82, 2.24) is 14.8 Å². The molecule has 2 amide bonds. The zero-order valence-electron chi connectivity index (χ0n) is 18.5. The van der Waals surface area contributed by atoms with Gasteiger partial charge in [-0.3, -0.25) is 14.3 Å². The number of anilines is 1. The number of nitrogens with one attached hydrogen (secondary N) is 1. The van der Waals surface area contributed by atoms with Crippen LogP contribution in [0.3, 0.4) is 0 Å². The van der Waals surface area contributed by atoms with Crippen molar-refractivity contribution in [2.24, 2.45) is 5.73 Å². The molecule has 8 nitrogen and oxygen atoms in total. The highest BCUT2D eigenvalue weighted by Crippen LogP contribution is 2.36. The summed E-state index contributed by atoms with van der Waals surface area (Å²) in [6, 6.07) is 12.4. The highest BCUT2D eigenvalue weighted by molar-refractivity contribution is 6.14. The van der Waals surface area contributed by atoms with E-state index in [1.165, 1.54) is 25.1 Å². The molecule has 0 aliphatic rings. The Balaban J connectivity index is 1.76. The molecular formula is C24H16F4N6O2. The van der Waals surface area contributed by atoms with Crippen molar-refractivity contribution in [3.63, 3.8) is 0 Å². The van der Waals surface area contributed by atoms with Gasteiger partial charge < -0.3 is 11.1 Å². The quantitative estimate of drug-likeness (QED) is 0.401. The molecule has 0 spiro atoms. The van der Waals surface area contributed by atoms with Gasteiger partial charge in [0.25, 0.3) is 11.8 Å². The molecule has 0 fully saturated rings. The summed E-state index contributed by atoms with van der Waals surface area (Å²) in [6.45, 7) is 1.30. The lowest BCUT2D eigenvalue weighted by atomic mass is 10.1. The third-order valence-corrected chi connectivity index (χ3v) is 5.40. The molecule has 0 radical (unpaired) electrons. The lowest BCUT2D eigenvalue weighted by Crippen LogP contribution is -2.19. The Kier molecular flexibility index (Phi) is 6.15. The van der Waals surface area contributed by atoms with Gasteiger partial charge in [0, 0.05) is 11.5 Å². The molecule has 0 unspecified atom stereocenters. The molecule has 36 heavy (non-hydrogen) atoms. The first-order valence-corrected chi connectivity index (χ1v) is 10.3. The Morgan fingerprint density at radius 1 is 1.14 bits per heavy atom. The smallest absolute Gasteiger partial charge is 0.364 e. The maximum Gasteiger partial charge on any atom is 0.437 e. The van der Waals surface area contributed by atoms with Crippen molar-refractivity contribution in [3.8, 4) is 6.07 Å². The number of primary amides is 1. The summed E-state index contributed by atoms with van der Waals surface area (Å²) in [5.41, 5.74) is 3.70. The molecule has 4 aromatic rings. The predicted octanol–water partition coefficient (Wildman–Crippen LogP) is 4.17. The fourth-order valence-corrected chi connectivity index (χ4v) is 3.60. The van der Waals surface area contributed by atoms with E-state index in [0.29, 0.717) is 11.1 Å². The number of fused-ring (bicyclic) bond motifs is 1. The largest absolute Gasteiger partial charge is 0.437 e. The number of nitrogens with two attached hydrogens (primary N) is 1. The Hall–Kier alpha value is -4.79. The molecule has 3 N–H and O–H groups in total. The van der Waals surface area contributed by atoms with E-state index >= 15 is 0 Å². The van der Waals surface area contributed by atoms with E-state index in [4.69, 9.17) is 11.0 Å². The highest BCUT2D eigenvalue weighted by Gasteiger charge is 2.39. The number of nitriles is 1. The lowest BCUT2D eigenvalue weighted by molar-refractivity contribution is -0.140. The van der Waals surface area contributed by atoms with E-state index in [9.17, 15) is 27.2 Å². The summed E-state index contributed by atoms with van der Waals surface area (Å²) >= 11 is 0. The first-order valence-electron chi connectivity index (χ1n) is 10.3. The minimum absolute atomic E-state index is 0.0135. The molecule has 0 saturated heterocycles. The second-order valence-electron chi connectivity index (χ2n) is 7.81. The molecule has 0 aliphatic heterocycles. The van der Waals surface area contributed by atoms with Gasteiger partial charge in [-0.15, -0.1) is 0 Å². The van der Waals surface area contributed by atoms with E-state index in [1.54, 1.807) is 12.1 Å². The fraction of sp³-hybridized carbons (Fsp3) is 0.125. The molecule has 2 heterocycles. The van der Waals surface area contributed by atoms with Crippen LogP contribution in [-0.2, 0) is 12.7 Å². The Bertz CT molecular complexity index is 1550. The van der Waals surface area contributed by atoms with Crippen LogP contribution in [0.4, 0.5) is 23.2 Å². The number of alkyl halides is 3. The maximum atomic E-state index is 13.8. The molecule has 12 heteroatoms. The van der Waals surface area contributed by atoms with Crippen LogP contribution in [0.25, 0.3) is 10.9 Å². The normalized spacial score (nSPS) is 11.3. The van der Waals surface area contributed by atoms with Gasteiger partial charge in [-0.25, -0.2) is 9.37 Å². The van der Waals surface area contributed by atoms with E-state index in [2.05, 4.69) is 15.4 Å². The Morgan fingerprint density at radius 3 is 2.44 bits per heavy atom. The van der Waals surface area contributed by atoms with Gasteiger partial charge in [-0.05, 0) is 42.8 Å². The van der Waals surface area contributed by atoms with Gasteiger partial charge in [0.1, 0.15) is 11.5 Å². The molecule has 0 aliphatic carbocycles. The topological polar surface area (TPSA) is 127 Å². The monoisotopic (exact) mass is 496 g/mol. The van der Waals surface area contributed by atoms with Crippen LogP contribution in [0.2, 0.25) is 0 Å². The Labute approximate surface area is 201 Å². The van der Waals surface area contributed by atoms with Gasteiger partial charge in [0.2, 0.25) is 0 Å². The summed E-state index contributed by atoms with van der Waals surface area (Å²) < 4.78 is 56.2. The summed E-state index contributed by atoms with van der Waals surface area (Å²) in [5, 5.41) is 14.9. The van der Waals surface area contributed by atoms with Gasteiger partial charge in [0.05, 0.1) is 40.6 Å². The molecule has 0 atom stereocenters. The maximum absolute atomic E-state index is 13.8. The second kappa shape index (κ2) is 9.10. The van der Waals surface area contributed by atoms with E-state index < -0.39 is 35.2 Å². The van der Waals surface area contributed by atoms with Crippen LogP contribution in [0.5, 0.6) is 0 Å². The number of amides is 2. The van der Waals surface area contributed by atoms with Gasteiger partial charge in [0.15, 0.2) is 5.69 Å². The van der Waals surface area contributed by atoms with Crippen LogP contribution < -0.4 is 11.1 Å². The first kappa shape index (κ1) is 24.3. The molecule has 4 rings (SSSR count). The van der Waals surface area contributed by atoms with Crippen molar-refractivity contribution in [3.05, 3.63) is 88.1 Å². The molecule has 2 aromatic heterocycles. The number of benzene rings is 2. The van der Waals surface area contributed by atoms with Crippen molar-refractivity contribution < 1.29 is 27.2 Å². The molecular weight excluding hydrogens is 480 g/mol. The highest BCUT2D eigenvalue weighted by atomic mass is 19.4. The summed E-state index contributed by atoms with van der Waals surface area (Å²) in [7, 11) is 0. The minimum Gasteiger partial charge on any atom is -0.364 e. The number of rotatable bonds is 5. The SMILES string of the molecule is Cc1c(NC(=O)c2cc(C(N)=O)nc3cc(F)ccc23)c(C(F)(F)F)nn1Cc1ccc(C#N)cc1. The van der Waals surface area contributed by atoms with E-state index in [1.807, 2.05) is 6.07 Å². The predicted molar refractivity (Wildman–Crippen MR) is 120 cm³/mol. The number of pyridine rings is 1. The lowest BCUT2D eigenvalue weighted by Gasteiger charge is -2.12. The minimum atomic E-state index is -4.90. The summed E-state index contributed by atoms with van der Waals surface area (Å²) in [6.07, 6.45) is -4.90. The van der Waals surface area contributed by atoms with Gasteiger partial charge >= 0.3 is 6.18 Å². The molecule has 0 bridgehead atoms. The summed E-state index contributed by atoms with van der Waals surface area (Å²) in [5.74, 6) is -2.69. The fourth-order valence-electron chi connectivity index (χ4n) is 3.60. The number of carbonyl (C=O) groups is 2. The number of hydrogen-bond acceptors (Lipinski definition) is 5. The van der Waals surface area contributed by atoms with Crippen molar-refractivity contribution in [2.45, 2.75) is 19.6 Å². The van der Waals surface area contributed by atoms with Crippen molar-refractivity contribution in [1.29, 1.82) is 5.26 Å². The van der Waals surface area contributed by atoms with Gasteiger partial charge in [-0.1, -0.05) is 12.1 Å². The molecule has 0 saturated carbocycles. The second-order valence-corrected chi connectivity index (χ2v) is 7.81. The van der Waals surface area contributed by atoms with Crippen LogP contribution in [-0.4, -0.2) is 26.6 Å². The van der Waals surface area contributed by atoms with Crippen LogP contribution >= 0.6 is 0 Å². The van der Waals surface area contributed by atoms with Crippen molar-refractivity contribution in [2.75, 3.05) is 5.32 Å². The molecule has 182 valence electrons. The van der Waals surface area contributed by atoms with Crippen LogP contribution in [0.15, 0.2) is 48.5 Å². The standard InChI is InChI=1S/C24H16F4N6O2/c1-12-20(21(24(26,27)28)33-34(12)11-14-4-2-13(10-29)3-5-14)32-23(36)17-9-19(22(30)35)31-18-8-15(25)6-7-16(17)18/h2-9H,11H2,1H3,(H2,30,35)(H,32,36). The number of hydrogen-bond donors (Lipinski definition) is 2. The third-order valence-electron chi connectivity index (χ3n) is 5.40.